The molecule has 10 heteroatoms. The summed E-state index contributed by atoms with van der Waals surface area (Å²) in [5.74, 6) is -0.326. The van der Waals surface area contributed by atoms with Crippen LogP contribution in [-0.4, -0.2) is 35.5 Å². The fourth-order valence-electron chi connectivity index (χ4n) is 2.40. The molecule has 0 aliphatic rings. The second-order valence-corrected chi connectivity index (χ2v) is 7.05. The highest BCUT2D eigenvalue weighted by Crippen LogP contribution is 2.30. The van der Waals surface area contributed by atoms with Crippen molar-refractivity contribution in [1.29, 1.82) is 0 Å². The molecule has 148 valence electrons. The fraction of sp³-hybridized carbons (Fsp3) is 0.294. The first kappa shape index (κ1) is 21.0. The Labute approximate surface area is 154 Å². The molecular weight excluding hydrogens is 387 g/mol. The molecule has 0 aromatic heterocycles. The van der Waals surface area contributed by atoms with E-state index in [0.29, 0.717) is 11.3 Å². The Balaban J connectivity index is 2.24. The molecule has 0 spiro atoms. The number of hydrogen-bond donors (Lipinski definition) is 1. The molecule has 0 aliphatic carbocycles. The average Bonchev–Trinajstić information content (AvgIpc) is 2.61. The first-order valence-corrected chi connectivity index (χ1v) is 9.16. The standard InChI is InChI=1S/C17H18F3NO5S/c1-24-13-8-4-3-7-12(13)15(25-2)11-21-27(22,23)16-10-6-5-9-14(16)26-17(18,19)20/h3-10,15,21H,11H2,1-2H3/t15-/m0/s1. The van der Waals surface area contributed by atoms with Gasteiger partial charge in [0.1, 0.15) is 16.4 Å². The van der Waals surface area contributed by atoms with Crippen LogP contribution in [-0.2, 0) is 14.8 Å². The summed E-state index contributed by atoms with van der Waals surface area (Å²) < 4.78 is 79.1. The molecule has 0 saturated heterocycles. The van der Waals surface area contributed by atoms with Gasteiger partial charge < -0.3 is 14.2 Å². The summed E-state index contributed by atoms with van der Waals surface area (Å²) in [6.07, 6.45) is -5.73. The van der Waals surface area contributed by atoms with E-state index in [-0.39, 0.29) is 6.54 Å². The van der Waals surface area contributed by atoms with E-state index < -0.39 is 33.1 Å². The number of hydrogen-bond acceptors (Lipinski definition) is 5. The summed E-state index contributed by atoms with van der Waals surface area (Å²) in [6.45, 7) is -0.223. The third kappa shape index (κ3) is 5.59. The topological polar surface area (TPSA) is 73.9 Å². The van der Waals surface area contributed by atoms with Crippen LogP contribution >= 0.6 is 0 Å². The van der Waals surface area contributed by atoms with Crippen molar-refractivity contribution in [2.75, 3.05) is 20.8 Å². The highest BCUT2D eigenvalue weighted by atomic mass is 32.2. The highest BCUT2D eigenvalue weighted by Gasteiger charge is 2.34. The third-order valence-corrected chi connectivity index (χ3v) is 5.06. The SMILES string of the molecule is COc1ccccc1[C@H](CNS(=O)(=O)c1ccccc1OC(F)(F)F)OC. The van der Waals surface area contributed by atoms with E-state index in [1.54, 1.807) is 24.3 Å². The van der Waals surface area contributed by atoms with Gasteiger partial charge in [0.15, 0.2) is 0 Å². The molecule has 0 amide bonds. The summed E-state index contributed by atoms with van der Waals surface area (Å²) in [4.78, 5) is -0.628. The molecule has 0 unspecified atom stereocenters. The number of para-hydroxylation sites is 2. The van der Waals surface area contributed by atoms with Crippen molar-refractivity contribution in [3.05, 3.63) is 54.1 Å². The van der Waals surface area contributed by atoms with Crippen LogP contribution in [0.4, 0.5) is 13.2 Å². The van der Waals surface area contributed by atoms with E-state index >= 15 is 0 Å². The third-order valence-electron chi connectivity index (χ3n) is 3.59. The minimum atomic E-state index is -5.02. The van der Waals surface area contributed by atoms with Crippen molar-refractivity contribution in [2.24, 2.45) is 0 Å². The molecule has 2 aromatic rings. The quantitative estimate of drug-likeness (QED) is 0.730. The summed E-state index contributed by atoms with van der Waals surface area (Å²) in [5, 5.41) is 0. The summed E-state index contributed by atoms with van der Waals surface area (Å²) in [7, 11) is -1.45. The zero-order valence-electron chi connectivity index (χ0n) is 14.5. The lowest BCUT2D eigenvalue weighted by Gasteiger charge is -2.20. The lowest BCUT2D eigenvalue weighted by Crippen LogP contribution is -2.30. The predicted molar refractivity (Wildman–Crippen MR) is 91.1 cm³/mol. The Morgan fingerprint density at radius 2 is 1.59 bits per heavy atom. The summed E-state index contributed by atoms with van der Waals surface area (Å²) >= 11 is 0. The van der Waals surface area contributed by atoms with Crippen molar-refractivity contribution in [2.45, 2.75) is 17.4 Å². The van der Waals surface area contributed by atoms with Crippen LogP contribution in [0.3, 0.4) is 0 Å². The van der Waals surface area contributed by atoms with E-state index in [4.69, 9.17) is 9.47 Å². The number of methoxy groups -OCH3 is 2. The van der Waals surface area contributed by atoms with Gasteiger partial charge in [0, 0.05) is 19.2 Å². The molecule has 0 aliphatic heterocycles. The minimum Gasteiger partial charge on any atom is -0.496 e. The molecule has 0 heterocycles. The molecular formula is C17H18F3NO5S. The maximum Gasteiger partial charge on any atom is 0.573 e. The van der Waals surface area contributed by atoms with Crippen molar-refractivity contribution in [3.8, 4) is 11.5 Å². The van der Waals surface area contributed by atoms with Gasteiger partial charge in [-0.15, -0.1) is 13.2 Å². The number of nitrogens with one attached hydrogen (secondary N) is 1. The summed E-state index contributed by atoms with van der Waals surface area (Å²) in [5.41, 5.74) is 0.588. The Kier molecular flexibility index (Phi) is 6.68. The van der Waals surface area contributed by atoms with Crippen molar-refractivity contribution < 1.29 is 35.8 Å². The van der Waals surface area contributed by atoms with Crippen LogP contribution < -0.4 is 14.2 Å². The van der Waals surface area contributed by atoms with E-state index in [1.165, 1.54) is 26.4 Å². The molecule has 2 rings (SSSR count). The maximum atomic E-state index is 12.5. The molecule has 0 bridgehead atoms. The molecule has 1 atom stereocenters. The van der Waals surface area contributed by atoms with E-state index in [2.05, 4.69) is 9.46 Å². The maximum absolute atomic E-state index is 12.5. The second kappa shape index (κ2) is 8.59. The Hall–Kier alpha value is -2.30. The van der Waals surface area contributed by atoms with Crippen LogP contribution in [0.15, 0.2) is 53.4 Å². The molecule has 0 radical (unpaired) electrons. The largest absolute Gasteiger partial charge is 0.573 e. The number of halogens is 3. The van der Waals surface area contributed by atoms with Crippen molar-refractivity contribution in [3.63, 3.8) is 0 Å². The van der Waals surface area contributed by atoms with Gasteiger partial charge in [0.25, 0.3) is 0 Å². The number of alkyl halides is 3. The molecule has 2 aromatic carbocycles. The van der Waals surface area contributed by atoms with Crippen molar-refractivity contribution in [1.82, 2.24) is 4.72 Å². The van der Waals surface area contributed by atoms with E-state index in [0.717, 1.165) is 12.1 Å². The molecule has 1 N–H and O–H groups in total. The number of sulfonamides is 1. The Morgan fingerprint density at radius 3 is 2.19 bits per heavy atom. The van der Waals surface area contributed by atoms with Crippen LogP contribution in [0.1, 0.15) is 11.7 Å². The minimum absolute atomic E-state index is 0.223. The smallest absolute Gasteiger partial charge is 0.496 e. The summed E-state index contributed by atoms with van der Waals surface area (Å²) in [6, 6.07) is 11.3. The van der Waals surface area contributed by atoms with Gasteiger partial charge in [0.2, 0.25) is 10.0 Å². The zero-order valence-corrected chi connectivity index (χ0v) is 15.3. The highest BCUT2D eigenvalue weighted by molar-refractivity contribution is 7.89. The first-order valence-electron chi connectivity index (χ1n) is 7.68. The number of ether oxygens (including phenoxy) is 3. The zero-order chi connectivity index (χ0) is 20.1. The number of benzene rings is 2. The van der Waals surface area contributed by atoms with E-state index in [1.807, 2.05) is 0 Å². The van der Waals surface area contributed by atoms with Gasteiger partial charge in [-0.05, 0) is 18.2 Å². The van der Waals surface area contributed by atoms with Gasteiger partial charge in [-0.3, -0.25) is 0 Å². The van der Waals surface area contributed by atoms with E-state index in [9.17, 15) is 21.6 Å². The molecule has 27 heavy (non-hydrogen) atoms. The van der Waals surface area contributed by atoms with Crippen molar-refractivity contribution >= 4 is 10.0 Å². The molecule has 0 fully saturated rings. The monoisotopic (exact) mass is 405 g/mol. The van der Waals surface area contributed by atoms with Gasteiger partial charge in [-0.25, -0.2) is 13.1 Å². The predicted octanol–water partition coefficient (Wildman–Crippen LogP) is 3.26. The number of rotatable bonds is 8. The van der Waals surface area contributed by atoms with Gasteiger partial charge >= 0.3 is 6.36 Å². The Morgan fingerprint density at radius 1 is 1.00 bits per heavy atom. The second-order valence-electron chi connectivity index (χ2n) is 5.31. The van der Waals surface area contributed by atoms with Crippen LogP contribution in [0, 0.1) is 0 Å². The fourth-order valence-corrected chi connectivity index (χ4v) is 3.56. The molecule has 6 nitrogen and oxygen atoms in total. The average molecular weight is 405 g/mol. The van der Waals surface area contributed by atoms with Crippen LogP contribution in [0.25, 0.3) is 0 Å². The lowest BCUT2D eigenvalue weighted by atomic mass is 10.1. The van der Waals surface area contributed by atoms with Crippen LogP contribution in [0.5, 0.6) is 11.5 Å². The normalized spacial score (nSPS) is 13.2. The van der Waals surface area contributed by atoms with Crippen LogP contribution in [0.2, 0.25) is 0 Å². The lowest BCUT2D eigenvalue weighted by molar-refractivity contribution is -0.275. The molecule has 0 saturated carbocycles. The van der Waals surface area contributed by atoms with Gasteiger partial charge in [-0.1, -0.05) is 30.3 Å². The van der Waals surface area contributed by atoms with Gasteiger partial charge in [-0.2, -0.15) is 0 Å². The Bertz CT molecular complexity index is 871. The first-order chi connectivity index (χ1) is 12.7. The van der Waals surface area contributed by atoms with Gasteiger partial charge in [0.05, 0.1) is 13.2 Å².